The first-order valence-electron chi connectivity index (χ1n) is 6.43. The molecular weight excluding hydrogens is 451 g/mol. The summed E-state index contributed by atoms with van der Waals surface area (Å²) in [5.74, 6) is -0.552. The van der Waals surface area contributed by atoms with E-state index in [4.69, 9.17) is 16.3 Å². The Balaban J connectivity index is 2.41. The summed E-state index contributed by atoms with van der Waals surface area (Å²) in [5, 5.41) is 0.130. The van der Waals surface area contributed by atoms with E-state index in [-0.39, 0.29) is 15.2 Å². The van der Waals surface area contributed by atoms with Crippen LogP contribution in [0.5, 0.6) is 11.5 Å². The second kappa shape index (κ2) is 7.30. The van der Waals surface area contributed by atoms with Gasteiger partial charge in [0.05, 0.1) is 17.8 Å². The number of sulfonamides is 1. The van der Waals surface area contributed by atoms with E-state index in [1.807, 2.05) is 0 Å². The van der Waals surface area contributed by atoms with Crippen LogP contribution in [0.4, 0.5) is 18.9 Å². The fourth-order valence-electron chi connectivity index (χ4n) is 1.85. The highest BCUT2D eigenvalue weighted by Gasteiger charge is 2.34. The normalized spacial score (nSPS) is 11.9. The van der Waals surface area contributed by atoms with Gasteiger partial charge in [0, 0.05) is 4.47 Å². The molecule has 0 saturated heterocycles. The molecule has 0 heterocycles. The first kappa shape index (κ1) is 19.7. The molecule has 0 unspecified atom stereocenters. The lowest BCUT2D eigenvalue weighted by molar-refractivity contribution is -0.275. The summed E-state index contributed by atoms with van der Waals surface area (Å²) in [6, 6.07) is 7.20. The molecule has 0 saturated carbocycles. The number of rotatable bonds is 5. The highest BCUT2D eigenvalue weighted by Crippen LogP contribution is 2.34. The minimum Gasteiger partial charge on any atom is -0.495 e. The maximum Gasteiger partial charge on any atom is 0.573 e. The average molecular weight is 461 g/mol. The Kier molecular flexibility index (Phi) is 5.75. The summed E-state index contributed by atoms with van der Waals surface area (Å²) in [6.07, 6.45) is -5.05. The van der Waals surface area contributed by atoms with Gasteiger partial charge in [-0.15, -0.1) is 13.2 Å². The van der Waals surface area contributed by atoms with Crippen molar-refractivity contribution < 1.29 is 31.1 Å². The molecule has 1 N–H and O–H groups in total. The largest absolute Gasteiger partial charge is 0.573 e. The second-order valence-electron chi connectivity index (χ2n) is 4.59. The summed E-state index contributed by atoms with van der Waals surface area (Å²) in [7, 11) is -2.98. The summed E-state index contributed by atoms with van der Waals surface area (Å²) < 4.78 is 73.5. The van der Waals surface area contributed by atoms with Gasteiger partial charge in [0.1, 0.15) is 10.6 Å². The van der Waals surface area contributed by atoms with Crippen molar-refractivity contribution in [3.8, 4) is 11.5 Å². The van der Waals surface area contributed by atoms with Crippen molar-refractivity contribution in [2.45, 2.75) is 11.3 Å². The van der Waals surface area contributed by atoms with Gasteiger partial charge >= 0.3 is 6.36 Å². The van der Waals surface area contributed by atoms with Crippen LogP contribution in [0.15, 0.2) is 45.8 Å². The van der Waals surface area contributed by atoms with Gasteiger partial charge in [-0.25, -0.2) is 8.42 Å². The zero-order valence-electron chi connectivity index (χ0n) is 12.4. The van der Waals surface area contributed by atoms with E-state index in [1.54, 1.807) is 0 Å². The van der Waals surface area contributed by atoms with Crippen molar-refractivity contribution >= 4 is 43.2 Å². The van der Waals surface area contributed by atoms with Crippen molar-refractivity contribution in [2.24, 2.45) is 0 Å². The van der Waals surface area contributed by atoms with E-state index < -0.39 is 27.0 Å². The molecule has 0 aromatic heterocycles. The molecule has 25 heavy (non-hydrogen) atoms. The third-order valence-corrected chi connectivity index (χ3v) is 5.03. The van der Waals surface area contributed by atoms with Gasteiger partial charge in [0.15, 0.2) is 5.75 Å². The van der Waals surface area contributed by atoms with Crippen LogP contribution in [0.2, 0.25) is 5.02 Å². The van der Waals surface area contributed by atoms with Gasteiger partial charge < -0.3 is 9.47 Å². The molecule has 11 heteroatoms. The third-order valence-electron chi connectivity index (χ3n) is 2.82. The molecule has 0 atom stereocenters. The smallest absolute Gasteiger partial charge is 0.495 e. The van der Waals surface area contributed by atoms with Crippen LogP contribution in [0, 0.1) is 0 Å². The van der Waals surface area contributed by atoms with Crippen molar-refractivity contribution in [1.82, 2.24) is 0 Å². The van der Waals surface area contributed by atoms with Crippen LogP contribution >= 0.6 is 27.5 Å². The number of benzene rings is 2. The molecule has 0 aliphatic carbocycles. The highest BCUT2D eigenvalue weighted by atomic mass is 79.9. The predicted octanol–water partition coefficient (Wildman–Crippen LogP) is 4.81. The molecule has 136 valence electrons. The predicted molar refractivity (Wildman–Crippen MR) is 89.6 cm³/mol. The number of methoxy groups -OCH3 is 1. The Bertz CT molecular complexity index is 890. The van der Waals surface area contributed by atoms with Crippen molar-refractivity contribution in [1.29, 1.82) is 0 Å². The quantitative estimate of drug-likeness (QED) is 0.695. The summed E-state index contributed by atoms with van der Waals surface area (Å²) in [4.78, 5) is -0.681. The summed E-state index contributed by atoms with van der Waals surface area (Å²) in [6.45, 7) is 0. The number of anilines is 1. The lowest BCUT2D eigenvalue weighted by atomic mass is 10.3. The van der Waals surface area contributed by atoms with Crippen molar-refractivity contribution in [2.75, 3.05) is 11.8 Å². The number of alkyl halides is 3. The minimum atomic E-state index is -5.05. The van der Waals surface area contributed by atoms with Gasteiger partial charge in [0.2, 0.25) is 0 Å². The number of ether oxygens (including phenoxy) is 2. The molecule has 0 aliphatic heterocycles. The average Bonchev–Trinajstić information content (AvgIpc) is 2.45. The van der Waals surface area contributed by atoms with E-state index in [0.29, 0.717) is 5.75 Å². The molecule has 0 radical (unpaired) electrons. The van der Waals surface area contributed by atoms with E-state index in [0.717, 1.165) is 12.1 Å². The maximum absolute atomic E-state index is 12.5. The first-order chi connectivity index (χ1) is 11.5. The van der Waals surface area contributed by atoms with E-state index in [2.05, 4.69) is 25.4 Å². The van der Waals surface area contributed by atoms with Gasteiger partial charge in [-0.05, 0) is 36.4 Å². The fourth-order valence-corrected chi connectivity index (χ4v) is 3.61. The third kappa shape index (κ3) is 5.16. The first-order valence-corrected chi connectivity index (χ1v) is 9.09. The Hall–Kier alpha value is -1.65. The van der Waals surface area contributed by atoms with Crippen molar-refractivity contribution in [3.63, 3.8) is 0 Å². The van der Waals surface area contributed by atoms with Crippen LogP contribution < -0.4 is 14.2 Å². The SMILES string of the molecule is COc1ccc(NS(=O)(=O)c2ccc(Br)cc2OC(F)(F)F)cc1Cl. The monoisotopic (exact) mass is 459 g/mol. The number of hydrogen-bond acceptors (Lipinski definition) is 4. The van der Waals surface area contributed by atoms with Crippen molar-refractivity contribution in [3.05, 3.63) is 45.9 Å². The molecule has 5 nitrogen and oxygen atoms in total. The zero-order valence-corrected chi connectivity index (χ0v) is 15.6. The van der Waals surface area contributed by atoms with Crippen LogP contribution in [0.1, 0.15) is 0 Å². The van der Waals surface area contributed by atoms with E-state index in [9.17, 15) is 21.6 Å². The Labute approximate surface area is 154 Å². The van der Waals surface area contributed by atoms with Gasteiger partial charge in [-0.3, -0.25) is 4.72 Å². The van der Waals surface area contributed by atoms with Crippen LogP contribution in [0.3, 0.4) is 0 Å². The number of hydrogen-bond donors (Lipinski definition) is 1. The molecule has 0 fully saturated rings. The Morgan fingerprint density at radius 2 is 1.80 bits per heavy atom. The van der Waals surface area contributed by atoms with Crippen LogP contribution in [0.25, 0.3) is 0 Å². The fraction of sp³-hybridized carbons (Fsp3) is 0.143. The standard InChI is InChI=1S/C14H10BrClF3NO4S/c1-23-11-4-3-9(7-10(11)16)20-25(21,22)13-5-2-8(15)6-12(13)24-14(17,18)19/h2-7,20H,1H3. The molecule has 0 aliphatic rings. The lowest BCUT2D eigenvalue weighted by Crippen LogP contribution is -2.21. The minimum absolute atomic E-state index is 0.0478. The van der Waals surface area contributed by atoms with E-state index in [1.165, 1.54) is 31.4 Å². The van der Waals surface area contributed by atoms with Gasteiger partial charge in [-0.1, -0.05) is 27.5 Å². The zero-order chi connectivity index (χ0) is 18.8. The van der Waals surface area contributed by atoms with Gasteiger partial charge in [0.25, 0.3) is 10.0 Å². The molecule has 2 aromatic rings. The topological polar surface area (TPSA) is 64.6 Å². The second-order valence-corrected chi connectivity index (χ2v) is 7.57. The number of nitrogens with one attached hydrogen (secondary N) is 1. The molecule has 0 bridgehead atoms. The number of halogens is 5. The van der Waals surface area contributed by atoms with Gasteiger partial charge in [-0.2, -0.15) is 0 Å². The maximum atomic E-state index is 12.5. The molecular formula is C14H10BrClF3NO4S. The summed E-state index contributed by atoms with van der Waals surface area (Å²) >= 11 is 8.87. The van der Waals surface area contributed by atoms with Crippen LogP contribution in [-0.2, 0) is 10.0 Å². The van der Waals surface area contributed by atoms with Crippen LogP contribution in [-0.4, -0.2) is 21.9 Å². The Morgan fingerprint density at radius 3 is 2.36 bits per heavy atom. The Morgan fingerprint density at radius 1 is 1.12 bits per heavy atom. The lowest BCUT2D eigenvalue weighted by Gasteiger charge is -2.15. The molecule has 2 aromatic carbocycles. The highest BCUT2D eigenvalue weighted by molar-refractivity contribution is 9.10. The molecule has 2 rings (SSSR count). The molecule has 0 amide bonds. The molecule has 0 spiro atoms. The van der Waals surface area contributed by atoms with E-state index >= 15 is 0 Å². The summed E-state index contributed by atoms with van der Waals surface area (Å²) in [5.41, 5.74) is 0.0478.